The summed E-state index contributed by atoms with van der Waals surface area (Å²) in [6.07, 6.45) is 0.406. The number of hydrogen-bond donors (Lipinski definition) is 2. The van der Waals surface area contributed by atoms with Gasteiger partial charge in [-0.15, -0.1) is 0 Å². The SMILES string of the molecule is CC(CC(=O)NCCOCC(=O)O)c1ccccc1. The molecule has 1 aromatic rings. The number of amides is 1. The van der Waals surface area contributed by atoms with Gasteiger partial charge in [-0.25, -0.2) is 4.79 Å². The molecule has 1 unspecified atom stereocenters. The van der Waals surface area contributed by atoms with Crippen LogP contribution in [0.25, 0.3) is 0 Å². The summed E-state index contributed by atoms with van der Waals surface area (Å²) in [6.45, 7) is 2.19. The van der Waals surface area contributed by atoms with Gasteiger partial charge in [-0.1, -0.05) is 37.3 Å². The molecule has 2 N–H and O–H groups in total. The lowest BCUT2D eigenvalue weighted by molar-refractivity contribution is -0.142. The summed E-state index contributed by atoms with van der Waals surface area (Å²) < 4.78 is 4.82. The van der Waals surface area contributed by atoms with Crippen LogP contribution >= 0.6 is 0 Å². The second kappa shape index (κ2) is 8.26. The third-order valence-corrected chi connectivity index (χ3v) is 2.65. The van der Waals surface area contributed by atoms with Crippen molar-refractivity contribution in [1.82, 2.24) is 5.32 Å². The van der Waals surface area contributed by atoms with Crippen molar-refractivity contribution in [3.63, 3.8) is 0 Å². The topological polar surface area (TPSA) is 75.6 Å². The van der Waals surface area contributed by atoms with E-state index in [0.29, 0.717) is 13.0 Å². The van der Waals surface area contributed by atoms with Crippen LogP contribution in [0, 0.1) is 0 Å². The summed E-state index contributed by atoms with van der Waals surface area (Å²) in [5.41, 5.74) is 1.12. The summed E-state index contributed by atoms with van der Waals surface area (Å²) >= 11 is 0. The second-order valence-corrected chi connectivity index (χ2v) is 4.31. The lowest BCUT2D eigenvalue weighted by atomic mass is 9.98. The van der Waals surface area contributed by atoms with E-state index in [-0.39, 0.29) is 25.0 Å². The first-order chi connectivity index (χ1) is 9.09. The van der Waals surface area contributed by atoms with Gasteiger partial charge in [-0.2, -0.15) is 0 Å². The summed E-state index contributed by atoms with van der Waals surface area (Å²) in [7, 11) is 0. The van der Waals surface area contributed by atoms with Crippen molar-refractivity contribution in [2.45, 2.75) is 19.3 Å². The highest BCUT2D eigenvalue weighted by atomic mass is 16.5. The molecule has 0 aliphatic heterocycles. The zero-order valence-electron chi connectivity index (χ0n) is 11.0. The quantitative estimate of drug-likeness (QED) is 0.697. The van der Waals surface area contributed by atoms with E-state index >= 15 is 0 Å². The Morgan fingerprint density at radius 2 is 2.00 bits per heavy atom. The molecule has 0 saturated carbocycles. The molecule has 104 valence electrons. The molecular formula is C14H19NO4. The molecule has 0 heterocycles. The first kappa shape index (κ1) is 15.2. The fraction of sp³-hybridized carbons (Fsp3) is 0.429. The summed E-state index contributed by atoms with van der Waals surface area (Å²) in [6, 6.07) is 9.82. The zero-order valence-corrected chi connectivity index (χ0v) is 11.0. The molecule has 0 bridgehead atoms. The first-order valence-corrected chi connectivity index (χ1v) is 6.20. The van der Waals surface area contributed by atoms with Crippen LogP contribution in [0.3, 0.4) is 0 Å². The molecule has 0 aliphatic carbocycles. The molecule has 1 amide bonds. The first-order valence-electron chi connectivity index (χ1n) is 6.20. The standard InChI is InChI=1S/C14H19NO4/c1-11(12-5-3-2-4-6-12)9-13(16)15-7-8-19-10-14(17)18/h2-6,11H,7-10H2,1H3,(H,15,16)(H,17,18). The van der Waals surface area contributed by atoms with Gasteiger partial charge < -0.3 is 15.2 Å². The number of carbonyl (C=O) groups is 2. The minimum Gasteiger partial charge on any atom is -0.480 e. The molecule has 1 aromatic carbocycles. The molecule has 0 aliphatic rings. The number of carbonyl (C=O) groups excluding carboxylic acids is 1. The van der Waals surface area contributed by atoms with Crippen molar-refractivity contribution in [3.8, 4) is 0 Å². The molecule has 0 spiro atoms. The molecule has 0 aromatic heterocycles. The fourth-order valence-electron chi connectivity index (χ4n) is 1.67. The van der Waals surface area contributed by atoms with Crippen LogP contribution in [-0.4, -0.2) is 36.7 Å². The van der Waals surface area contributed by atoms with Crippen molar-refractivity contribution in [2.75, 3.05) is 19.8 Å². The number of rotatable bonds is 8. The number of hydrogen-bond acceptors (Lipinski definition) is 3. The van der Waals surface area contributed by atoms with Gasteiger partial charge >= 0.3 is 5.97 Å². The molecule has 5 heteroatoms. The van der Waals surface area contributed by atoms with Gasteiger partial charge in [0.1, 0.15) is 6.61 Å². The van der Waals surface area contributed by atoms with Gasteiger partial charge in [0.05, 0.1) is 6.61 Å². The van der Waals surface area contributed by atoms with E-state index in [1.807, 2.05) is 37.3 Å². The fourth-order valence-corrected chi connectivity index (χ4v) is 1.67. The van der Waals surface area contributed by atoms with Crippen LogP contribution in [0.2, 0.25) is 0 Å². The normalized spacial score (nSPS) is 11.8. The monoisotopic (exact) mass is 265 g/mol. The van der Waals surface area contributed by atoms with E-state index in [1.165, 1.54) is 0 Å². The Morgan fingerprint density at radius 3 is 2.63 bits per heavy atom. The third kappa shape index (κ3) is 6.57. The Labute approximate surface area is 112 Å². The number of carboxylic acids is 1. The van der Waals surface area contributed by atoms with E-state index < -0.39 is 5.97 Å². The van der Waals surface area contributed by atoms with Gasteiger partial charge in [0.2, 0.25) is 5.91 Å². The van der Waals surface area contributed by atoms with E-state index in [4.69, 9.17) is 9.84 Å². The van der Waals surface area contributed by atoms with Gasteiger partial charge in [0.15, 0.2) is 0 Å². The highest BCUT2D eigenvalue weighted by Crippen LogP contribution is 2.17. The Kier molecular flexibility index (Phi) is 6.60. The molecule has 1 atom stereocenters. The van der Waals surface area contributed by atoms with Crippen molar-refractivity contribution in [1.29, 1.82) is 0 Å². The van der Waals surface area contributed by atoms with Gasteiger partial charge in [0.25, 0.3) is 0 Å². The number of ether oxygens (including phenoxy) is 1. The van der Waals surface area contributed by atoms with Crippen LogP contribution in [0.4, 0.5) is 0 Å². The Bertz CT molecular complexity index is 405. The van der Waals surface area contributed by atoms with Crippen LogP contribution < -0.4 is 5.32 Å². The molecule has 5 nitrogen and oxygen atoms in total. The van der Waals surface area contributed by atoms with Crippen LogP contribution in [-0.2, 0) is 14.3 Å². The maximum absolute atomic E-state index is 11.6. The maximum Gasteiger partial charge on any atom is 0.329 e. The third-order valence-electron chi connectivity index (χ3n) is 2.65. The smallest absolute Gasteiger partial charge is 0.329 e. The van der Waals surface area contributed by atoms with Crippen molar-refractivity contribution in [2.24, 2.45) is 0 Å². The Balaban J connectivity index is 2.19. The maximum atomic E-state index is 11.6. The minimum absolute atomic E-state index is 0.0599. The van der Waals surface area contributed by atoms with Crippen LogP contribution in [0.15, 0.2) is 30.3 Å². The molecule has 1 rings (SSSR count). The van der Waals surface area contributed by atoms with Crippen LogP contribution in [0.5, 0.6) is 0 Å². The number of carboxylic acid groups (broad SMARTS) is 1. The summed E-state index contributed by atoms with van der Waals surface area (Å²) in [5, 5.41) is 11.1. The van der Waals surface area contributed by atoms with E-state index in [2.05, 4.69) is 5.32 Å². The molecule has 0 fully saturated rings. The molecule has 19 heavy (non-hydrogen) atoms. The number of benzene rings is 1. The lowest BCUT2D eigenvalue weighted by Gasteiger charge is -2.11. The summed E-state index contributed by atoms with van der Waals surface area (Å²) in [5.74, 6) is -0.916. The van der Waals surface area contributed by atoms with Crippen molar-refractivity contribution in [3.05, 3.63) is 35.9 Å². The number of nitrogens with one attached hydrogen (secondary N) is 1. The van der Waals surface area contributed by atoms with E-state index in [1.54, 1.807) is 0 Å². The number of aliphatic carboxylic acids is 1. The second-order valence-electron chi connectivity index (χ2n) is 4.31. The molecule has 0 radical (unpaired) electrons. The minimum atomic E-state index is -1.01. The predicted molar refractivity (Wildman–Crippen MR) is 70.9 cm³/mol. The molecule has 0 saturated heterocycles. The van der Waals surface area contributed by atoms with Gasteiger partial charge in [-0.05, 0) is 11.5 Å². The predicted octanol–water partition coefficient (Wildman–Crippen LogP) is 1.40. The largest absolute Gasteiger partial charge is 0.480 e. The molecular weight excluding hydrogens is 246 g/mol. The van der Waals surface area contributed by atoms with Gasteiger partial charge in [-0.3, -0.25) is 4.79 Å². The lowest BCUT2D eigenvalue weighted by Crippen LogP contribution is -2.28. The highest BCUT2D eigenvalue weighted by Gasteiger charge is 2.10. The Morgan fingerprint density at radius 1 is 1.32 bits per heavy atom. The van der Waals surface area contributed by atoms with Gasteiger partial charge in [0, 0.05) is 13.0 Å². The van der Waals surface area contributed by atoms with E-state index in [0.717, 1.165) is 5.56 Å². The van der Waals surface area contributed by atoms with Crippen LogP contribution in [0.1, 0.15) is 24.8 Å². The average Bonchev–Trinajstić information content (AvgIpc) is 2.39. The van der Waals surface area contributed by atoms with E-state index in [9.17, 15) is 9.59 Å². The average molecular weight is 265 g/mol. The van der Waals surface area contributed by atoms with Crippen molar-refractivity contribution < 1.29 is 19.4 Å². The summed E-state index contributed by atoms with van der Waals surface area (Å²) in [4.78, 5) is 21.8. The van der Waals surface area contributed by atoms with Crippen molar-refractivity contribution >= 4 is 11.9 Å². The Hall–Kier alpha value is -1.88. The zero-order chi connectivity index (χ0) is 14.1. The highest BCUT2D eigenvalue weighted by molar-refractivity contribution is 5.76.